The van der Waals surface area contributed by atoms with E-state index in [1.165, 1.54) is 0 Å². The van der Waals surface area contributed by atoms with Crippen LogP contribution >= 0.6 is 0 Å². The van der Waals surface area contributed by atoms with Gasteiger partial charge in [0, 0.05) is 0 Å². The summed E-state index contributed by atoms with van der Waals surface area (Å²) in [6.07, 6.45) is 1.84. The average molecular weight is 155 g/mol. The molecule has 0 rings (SSSR count). The van der Waals surface area contributed by atoms with Gasteiger partial charge in [0.1, 0.15) is 0 Å². The summed E-state index contributed by atoms with van der Waals surface area (Å²) in [7, 11) is 0. The van der Waals surface area contributed by atoms with Crippen LogP contribution in [0.15, 0.2) is 11.8 Å². The average Bonchev–Trinajstić information content (AvgIpc) is 1.30. The van der Waals surface area contributed by atoms with Gasteiger partial charge in [-0.3, -0.25) is 0 Å². The summed E-state index contributed by atoms with van der Waals surface area (Å²) in [5.41, 5.74) is 2.67. The zero-order valence-electron chi connectivity index (χ0n) is 6.24. The molecular weight excluding hydrogens is 144 g/mol. The van der Waals surface area contributed by atoms with Crippen molar-refractivity contribution in [1.29, 1.82) is 0 Å². The van der Waals surface area contributed by atoms with E-state index in [1.807, 2.05) is 6.08 Å². The van der Waals surface area contributed by atoms with Crippen LogP contribution in [-0.2, 0) is 0 Å². The Morgan fingerprint density at radius 3 is 1.67 bits per heavy atom. The van der Waals surface area contributed by atoms with E-state index >= 15 is 0 Å². The Kier molecular flexibility index (Phi) is 12.1. The molecule has 0 radical (unpaired) electrons. The molecule has 0 aliphatic rings. The van der Waals surface area contributed by atoms with Crippen LogP contribution in [0.5, 0.6) is 0 Å². The first-order valence-electron chi connectivity index (χ1n) is 2.37. The molecule has 0 heterocycles. The van der Waals surface area contributed by atoms with Gasteiger partial charge in [-0.05, 0) is 0 Å². The Labute approximate surface area is 80.0 Å². The van der Waals surface area contributed by atoms with Crippen LogP contribution in [0.2, 0.25) is 0 Å². The normalized spacial score (nSPS) is 7.89. The van der Waals surface area contributed by atoms with Gasteiger partial charge in [0.2, 0.25) is 0 Å². The van der Waals surface area contributed by atoms with Crippen LogP contribution in [0.1, 0.15) is 20.8 Å². The fourth-order valence-corrected chi connectivity index (χ4v) is 0.250. The molecule has 0 saturated heterocycles. The van der Waals surface area contributed by atoms with Gasteiger partial charge in [-0.25, -0.2) is 6.58 Å². The minimum absolute atomic E-state index is 0. The van der Waals surface area contributed by atoms with Crippen LogP contribution in [0, 0.1) is 12.0 Å². The van der Waals surface area contributed by atoms with Gasteiger partial charge in [-0.1, -0.05) is 26.2 Å². The first kappa shape index (κ1) is 16.3. The second-order valence-electron chi connectivity index (χ2n) is 2.68. The monoisotopic (exact) mass is 154 g/mol. The Balaban J connectivity index is -0.000000180. The third kappa shape index (κ3) is 17.7. The molecule has 0 aromatic rings. The molecule has 0 aromatic heterocycles. The van der Waals surface area contributed by atoms with Crippen molar-refractivity contribution in [3.63, 3.8) is 0 Å². The summed E-state index contributed by atoms with van der Waals surface area (Å²) < 4.78 is 0. The molecule has 0 aromatic carbocycles. The summed E-state index contributed by atoms with van der Waals surface area (Å²) in [6.45, 7) is 11.2. The Morgan fingerprint density at radius 2 is 1.67 bits per heavy atom. The number of rotatable bonds is 0. The number of halogens is 1. The van der Waals surface area contributed by atoms with Gasteiger partial charge in [-0.15, -0.1) is 0 Å². The van der Waals surface area contributed by atoms with Gasteiger partial charge in [0.15, 0.2) is 0 Å². The summed E-state index contributed by atoms with van der Waals surface area (Å²) in [5, 5.41) is 0. The maximum absolute atomic E-state index is 5.01. The predicted octanol–water partition coefficient (Wildman–Crippen LogP) is -1.20. The van der Waals surface area contributed by atoms with Crippen molar-refractivity contribution in [2.75, 3.05) is 0 Å². The van der Waals surface area contributed by atoms with E-state index in [0.717, 1.165) is 0 Å². The van der Waals surface area contributed by atoms with E-state index in [-0.39, 0.29) is 40.9 Å². The minimum Gasteiger partial charge on any atom is -1.00 e. The molecule has 2 heteroatoms. The first-order valence-corrected chi connectivity index (χ1v) is 2.37. The maximum atomic E-state index is 5.01. The SMILES string of the molecule is [CH-]=C=CC(C)(C)C.[Cl-].[Mg+2]. The van der Waals surface area contributed by atoms with E-state index < -0.39 is 0 Å². The third-order valence-electron chi connectivity index (χ3n) is 0.516. The van der Waals surface area contributed by atoms with E-state index in [2.05, 4.69) is 26.5 Å². The smallest absolute Gasteiger partial charge is 1.00 e. The Bertz CT molecular complexity index is 96.0. The van der Waals surface area contributed by atoms with Crippen molar-refractivity contribution in [1.82, 2.24) is 0 Å². The predicted molar refractivity (Wildman–Crippen MR) is 37.6 cm³/mol. The van der Waals surface area contributed by atoms with E-state index in [4.69, 9.17) is 6.58 Å². The molecule has 0 unspecified atom stereocenters. The van der Waals surface area contributed by atoms with Crippen LogP contribution < -0.4 is 12.4 Å². The molecule has 48 valence electrons. The van der Waals surface area contributed by atoms with Gasteiger partial charge in [-0.2, -0.15) is 6.08 Å². The Morgan fingerprint density at radius 1 is 1.33 bits per heavy atom. The van der Waals surface area contributed by atoms with Gasteiger partial charge in [0.05, 0.1) is 0 Å². The van der Waals surface area contributed by atoms with Gasteiger partial charge >= 0.3 is 23.1 Å². The van der Waals surface area contributed by atoms with Crippen molar-refractivity contribution in [3.05, 3.63) is 18.4 Å². The number of hydrogen-bond donors (Lipinski definition) is 0. The molecule has 9 heavy (non-hydrogen) atoms. The van der Waals surface area contributed by atoms with Crippen molar-refractivity contribution >= 4 is 23.1 Å². The maximum Gasteiger partial charge on any atom is 2.00 e. The molecule has 0 aliphatic heterocycles. The quantitative estimate of drug-likeness (QED) is 0.234. The fourth-order valence-electron chi connectivity index (χ4n) is 0.250. The molecular formula is C7H11ClMg. The first-order chi connectivity index (χ1) is 3.06. The standard InChI is InChI=1S/C7H11.ClH.Mg/c1-5-6-7(2,3)4;;/h1,6H,2-4H3;1H;/q-1;;+2/p-1. The van der Waals surface area contributed by atoms with Crippen LogP contribution in [0.3, 0.4) is 0 Å². The number of hydrogen-bond acceptors (Lipinski definition) is 0. The summed E-state index contributed by atoms with van der Waals surface area (Å²) in [5.74, 6) is 0. The zero-order valence-corrected chi connectivity index (χ0v) is 8.41. The molecule has 0 N–H and O–H groups in total. The molecule has 0 bridgehead atoms. The fraction of sp³-hybridized carbons (Fsp3) is 0.571. The number of allylic oxidation sites excluding steroid dienone is 1. The second-order valence-corrected chi connectivity index (χ2v) is 2.68. The molecule has 0 saturated carbocycles. The van der Waals surface area contributed by atoms with Crippen LogP contribution in [0.4, 0.5) is 0 Å². The van der Waals surface area contributed by atoms with Gasteiger partial charge in [0.25, 0.3) is 0 Å². The van der Waals surface area contributed by atoms with Crippen molar-refractivity contribution in [2.24, 2.45) is 5.41 Å². The molecule has 0 amide bonds. The minimum atomic E-state index is 0. The summed E-state index contributed by atoms with van der Waals surface area (Å²) in [4.78, 5) is 0. The van der Waals surface area contributed by atoms with Crippen LogP contribution in [-0.4, -0.2) is 23.1 Å². The summed E-state index contributed by atoms with van der Waals surface area (Å²) >= 11 is 0. The van der Waals surface area contributed by atoms with Crippen molar-refractivity contribution in [3.8, 4) is 0 Å². The third-order valence-corrected chi connectivity index (χ3v) is 0.516. The van der Waals surface area contributed by atoms with Crippen LogP contribution in [0.25, 0.3) is 0 Å². The molecule has 0 nitrogen and oxygen atoms in total. The van der Waals surface area contributed by atoms with E-state index in [1.54, 1.807) is 0 Å². The Hall–Kier alpha value is 0.576. The molecule has 0 fully saturated rings. The zero-order chi connectivity index (χ0) is 5.91. The summed E-state index contributed by atoms with van der Waals surface area (Å²) in [6, 6.07) is 0. The molecule has 0 spiro atoms. The van der Waals surface area contributed by atoms with E-state index in [0.29, 0.717) is 0 Å². The van der Waals surface area contributed by atoms with E-state index in [9.17, 15) is 0 Å². The largest absolute Gasteiger partial charge is 2.00 e. The second kappa shape index (κ2) is 6.69. The molecule has 0 atom stereocenters. The van der Waals surface area contributed by atoms with Gasteiger partial charge < -0.3 is 18.1 Å². The van der Waals surface area contributed by atoms with Crippen molar-refractivity contribution < 1.29 is 12.4 Å². The van der Waals surface area contributed by atoms with Crippen molar-refractivity contribution in [2.45, 2.75) is 20.8 Å². The molecule has 0 aliphatic carbocycles. The topological polar surface area (TPSA) is 0 Å².